The van der Waals surface area contributed by atoms with Crippen LogP contribution in [-0.2, 0) is 14.1 Å². The lowest BCUT2D eigenvalue weighted by Crippen LogP contribution is -2.26. The van der Waals surface area contributed by atoms with Crippen LogP contribution < -0.4 is 21.4 Å². The second-order valence-electron chi connectivity index (χ2n) is 10.4. The molecule has 0 aromatic carbocycles. The zero-order valence-corrected chi connectivity index (χ0v) is 23.0. The van der Waals surface area contributed by atoms with E-state index in [9.17, 15) is 26.3 Å². The van der Waals surface area contributed by atoms with Crippen molar-refractivity contribution in [1.82, 2.24) is 39.0 Å². The van der Waals surface area contributed by atoms with Crippen LogP contribution in [0, 0.1) is 0 Å². The van der Waals surface area contributed by atoms with Crippen molar-refractivity contribution in [2.75, 3.05) is 0 Å². The normalized spacial score (nSPS) is 14.2. The zero-order chi connectivity index (χ0) is 31.0. The third-order valence-electron chi connectivity index (χ3n) is 7.56. The van der Waals surface area contributed by atoms with Crippen LogP contribution in [0.3, 0.4) is 0 Å². The molecule has 0 unspecified atom stereocenters. The van der Waals surface area contributed by atoms with E-state index in [1.54, 1.807) is 35.6 Å². The van der Waals surface area contributed by atoms with Crippen LogP contribution in [0.4, 0.5) is 26.3 Å². The van der Waals surface area contributed by atoms with E-state index in [-0.39, 0.29) is 55.3 Å². The van der Waals surface area contributed by atoms with E-state index in [0.29, 0.717) is 11.6 Å². The Hall–Kier alpha value is -5.40. The summed E-state index contributed by atoms with van der Waals surface area (Å²) in [7, 11) is 3.36. The first kappa shape index (κ1) is 27.4. The molecule has 0 atom stereocenters. The smallest absolute Gasteiger partial charge is 0.354 e. The van der Waals surface area contributed by atoms with E-state index in [0.717, 1.165) is 0 Å². The molecular formula is C30H22F6N8. The van der Waals surface area contributed by atoms with Crippen molar-refractivity contribution in [2.45, 2.75) is 12.4 Å². The molecule has 0 amide bonds. The number of hydrogen-bond acceptors (Lipinski definition) is 2. The molecule has 1 aliphatic heterocycles. The van der Waals surface area contributed by atoms with Crippen LogP contribution in [0.5, 0.6) is 0 Å². The first-order valence-electron chi connectivity index (χ1n) is 13.3. The Bertz CT molecular complexity index is 2130. The number of aromatic nitrogens is 8. The molecule has 0 aliphatic carbocycles. The summed E-state index contributed by atoms with van der Waals surface area (Å²) in [6.07, 6.45) is -3.31. The largest absolute Gasteiger partial charge is 0.420 e. The lowest BCUT2D eigenvalue weighted by atomic mass is 10.1. The topological polar surface area (TPSA) is 98.8 Å². The zero-order valence-electron chi connectivity index (χ0n) is 23.0. The molecule has 1 aliphatic rings. The highest BCUT2D eigenvalue weighted by Gasteiger charge is 2.38. The number of aryl methyl sites for hydroxylation is 2. The Morgan fingerprint density at radius 2 is 0.864 bits per heavy atom. The Morgan fingerprint density at radius 3 is 1.20 bits per heavy atom. The predicted octanol–water partition coefficient (Wildman–Crippen LogP) is 2.80. The SMILES string of the molecule is Cn1ccnc1C1=c2ccc([nH]2)=C(C(F)(F)F)c2ccc([nH]2)C(c2nccn2C)=c2ccc([nH]2)=C(C(F)(F)F)c2ccc1[nH]2. The summed E-state index contributed by atoms with van der Waals surface area (Å²) in [6, 6.07) is 10.9. The van der Waals surface area contributed by atoms with Crippen molar-refractivity contribution < 1.29 is 26.3 Å². The van der Waals surface area contributed by atoms with Crippen LogP contribution in [0.25, 0.3) is 22.3 Å². The molecule has 224 valence electrons. The monoisotopic (exact) mass is 608 g/mol. The Kier molecular flexibility index (Phi) is 5.96. The standard InChI is InChI=1S/C30H22F6N8/c1-43-13-11-37-27(43)23-15-3-7-19(39-15)25(29(31,32)33)21-9-5-17(41-21)24(28-38-12-14-44(28)2)18-6-10-22(42-18)26(30(34,35)36)20-8-4-16(23)40-20/h3-14,39-42H,1-2H3. The minimum Gasteiger partial charge on any atom is -0.354 e. The molecule has 0 saturated heterocycles. The number of halogens is 6. The number of nitrogens with zero attached hydrogens (tertiary/aromatic N) is 4. The number of alkyl halides is 6. The molecule has 0 fully saturated rings. The summed E-state index contributed by atoms with van der Waals surface area (Å²) in [5.74, 6) is 0.655. The molecule has 0 radical (unpaired) electrons. The highest BCUT2D eigenvalue weighted by molar-refractivity contribution is 5.79. The number of rotatable bonds is 2. The lowest BCUT2D eigenvalue weighted by Gasteiger charge is -2.11. The Labute approximate surface area is 243 Å². The van der Waals surface area contributed by atoms with Crippen molar-refractivity contribution >= 4 is 22.3 Å². The number of fused-ring (bicyclic) bond motifs is 8. The van der Waals surface area contributed by atoms with Gasteiger partial charge in [-0.2, -0.15) is 26.3 Å². The number of nitrogens with one attached hydrogen (secondary N) is 4. The minimum atomic E-state index is -4.78. The van der Waals surface area contributed by atoms with E-state index in [1.807, 2.05) is 0 Å². The summed E-state index contributed by atoms with van der Waals surface area (Å²) in [6.45, 7) is 0. The molecule has 7 heterocycles. The Morgan fingerprint density at radius 1 is 0.500 bits per heavy atom. The van der Waals surface area contributed by atoms with Gasteiger partial charge < -0.3 is 29.1 Å². The van der Waals surface area contributed by atoms with Gasteiger partial charge in [-0.05, 0) is 48.5 Å². The van der Waals surface area contributed by atoms with E-state index in [2.05, 4.69) is 29.9 Å². The second kappa shape index (κ2) is 9.56. The highest BCUT2D eigenvalue weighted by atomic mass is 19.4. The highest BCUT2D eigenvalue weighted by Crippen LogP contribution is 2.34. The molecule has 4 N–H and O–H groups in total. The maximum atomic E-state index is 14.7. The number of aromatic amines is 4. The van der Waals surface area contributed by atoms with Gasteiger partial charge in [0.2, 0.25) is 0 Å². The van der Waals surface area contributed by atoms with Gasteiger partial charge in [0.25, 0.3) is 0 Å². The molecule has 6 aromatic rings. The van der Waals surface area contributed by atoms with Crippen molar-refractivity contribution in [3.05, 3.63) is 129 Å². The van der Waals surface area contributed by atoms with Gasteiger partial charge in [0.1, 0.15) is 22.8 Å². The maximum Gasteiger partial charge on any atom is 0.420 e. The van der Waals surface area contributed by atoms with E-state index < -0.39 is 23.5 Å². The molecular weight excluding hydrogens is 586 g/mol. The van der Waals surface area contributed by atoms with Crippen molar-refractivity contribution in [3.63, 3.8) is 0 Å². The number of hydrogen-bond donors (Lipinski definition) is 4. The van der Waals surface area contributed by atoms with Crippen LogP contribution >= 0.6 is 0 Å². The van der Waals surface area contributed by atoms with Gasteiger partial charge in [-0.3, -0.25) is 0 Å². The average molecular weight is 609 g/mol. The number of imidazole rings is 2. The van der Waals surface area contributed by atoms with Crippen molar-refractivity contribution in [2.24, 2.45) is 14.1 Å². The minimum absolute atomic E-state index is 0.222. The summed E-state index contributed by atoms with van der Waals surface area (Å²) < 4.78 is 91.5. The molecule has 7 rings (SSSR count). The van der Waals surface area contributed by atoms with E-state index >= 15 is 0 Å². The fourth-order valence-electron chi connectivity index (χ4n) is 5.63. The van der Waals surface area contributed by atoms with E-state index in [4.69, 9.17) is 0 Å². The van der Waals surface area contributed by atoms with Gasteiger partial charge in [-0.25, -0.2) is 9.97 Å². The molecule has 8 bridgehead atoms. The maximum absolute atomic E-state index is 14.7. The quantitative estimate of drug-likeness (QED) is 0.228. The predicted molar refractivity (Wildman–Crippen MR) is 148 cm³/mol. The molecule has 0 spiro atoms. The molecule has 8 nitrogen and oxygen atoms in total. The fraction of sp³-hybridized carbons (Fsp3) is 0.133. The summed E-state index contributed by atoms with van der Waals surface area (Å²) in [4.78, 5) is 20.1. The van der Waals surface area contributed by atoms with Gasteiger partial charge in [0.15, 0.2) is 0 Å². The van der Waals surface area contributed by atoms with Gasteiger partial charge in [-0.15, -0.1) is 0 Å². The van der Waals surface area contributed by atoms with Crippen LogP contribution in [0.15, 0.2) is 73.3 Å². The molecule has 44 heavy (non-hydrogen) atoms. The van der Waals surface area contributed by atoms with Crippen molar-refractivity contribution in [1.29, 1.82) is 0 Å². The lowest BCUT2D eigenvalue weighted by molar-refractivity contribution is -0.0707. The fourth-order valence-corrected chi connectivity index (χ4v) is 5.63. The average Bonchev–Trinajstić information content (AvgIpc) is 3.76. The van der Waals surface area contributed by atoms with E-state index in [1.165, 1.54) is 60.9 Å². The third-order valence-corrected chi connectivity index (χ3v) is 7.56. The van der Waals surface area contributed by atoms with Gasteiger partial charge in [-0.1, -0.05) is 0 Å². The van der Waals surface area contributed by atoms with Gasteiger partial charge in [0, 0.05) is 38.9 Å². The van der Waals surface area contributed by atoms with Crippen LogP contribution in [-0.4, -0.2) is 51.4 Å². The molecule has 14 heteroatoms. The third kappa shape index (κ3) is 4.41. The van der Waals surface area contributed by atoms with Gasteiger partial charge >= 0.3 is 12.4 Å². The van der Waals surface area contributed by atoms with Crippen LogP contribution in [0.2, 0.25) is 0 Å². The Balaban J connectivity index is 1.67. The first-order chi connectivity index (χ1) is 20.9. The van der Waals surface area contributed by atoms with Crippen molar-refractivity contribution in [3.8, 4) is 0 Å². The van der Waals surface area contributed by atoms with Gasteiger partial charge in [0.05, 0.1) is 55.3 Å². The summed E-state index contributed by atoms with van der Waals surface area (Å²) in [5.41, 5.74) is -1.37. The number of H-pyrrole nitrogens is 4. The summed E-state index contributed by atoms with van der Waals surface area (Å²) >= 11 is 0. The molecule has 0 saturated carbocycles. The van der Waals surface area contributed by atoms with Crippen LogP contribution in [0.1, 0.15) is 34.4 Å². The second-order valence-corrected chi connectivity index (χ2v) is 10.4. The first-order valence-corrected chi connectivity index (χ1v) is 13.3. The summed E-state index contributed by atoms with van der Waals surface area (Å²) in [5, 5.41) is -0.0388. The molecule has 6 aromatic heterocycles.